The Morgan fingerprint density at radius 2 is 1.55 bits per heavy atom. The molecule has 232 valence electrons. The Morgan fingerprint density at radius 1 is 0.905 bits per heavy atom. The third-order valence-corrected chi connectivity index (χ3v) is 9.94. The number of unbranched alkanes of at least 4 members (excludes halogenated alkanes) is 1. The minimum absolute atomic E-state index is 0.0147. The van der Waals surface area contributed by atoms with Gasteiger partial charge in [-0.1, -0.05) is 47.5 Å². The third kappa shape index (κ3) is 5.93. The van der Waals surface area contributed by atoms with E-state index >= 15 is 0 Å². The van der Waals surface area contributed by atoms with Gasteiger partial charge in [-0.3, -0.25) is 14.4 Å². The molecule has 0 aromatic carbocycles. The minimum atomic E-state index is -0.0207. The molecule has 0 radical (unpaired) electrons. The second kappa shape index (κ2) is 12.7. The summed E-state index contributed by atoms with van der Waals surface area (Å²) in [5.74, 6) is 1.74. The minimum Gasteiger partial charge on any atom is -0.496 e. The van der Waals surface area contributed by atoms with E-state index < -0.39 is 0 Å². The zero-order chi connectivity index (χ0) is 30.1. The van der Waals surface area contributed by atoms with E-state index in [1.807, 2.05) is 6.08 Å². The van der Waals surface area contributed by atoms with Crippen molar-refractivity contribution in [2.45, 2.75) is 110 Å². The highest BCUT2D eigenvalue weighted by Gasteiger charge is 2.46. The lowest BCUT2D eigenvalue weighted by Gasteiger charge is -2.36. The van der Waals surface area contributed by atoms with Crippen LogP contribution < -0.4 is 5.32 Å². The highest BCUT2D eigenvalue weighted by molar-refractivity contribution is 5.93. The van der Waals surface area contributed by atoms with Gasteiger partial charge in [0.05, 0.1) is 36.8 Å². The van der Waals surface area contributed by atoms with Gasteiger partial charge >= 0.3 is 0 Å². The summed E-state index contributed by atoms with van der Waals surface area (Å²) in [6.45, 7) is 16.8. The number of carbonyl (C=O) groups is 3. The van der Waals surface area contributed by atoms with Crippen LogP contribution in [0, 0.1) is 11.8 Å². The van der Waals surface area contributed by atoms with Crippen LogP contribution in [0.3, 0.4) is 0 Å². The van der Waals surface area contributed by atoms with E-state index in [4.69, 9.17) is 4.74 Å². The summed E-state index contributed by atoms with van der Waals surface area (Å²) < 4.78 is 6.14. The van der Waals surface area contributed by atoms with Gasteiger partial charge in [-0.2, -0.15) is 0 Å². The molecule has 3 amide bonds. The van der Waals surface area contributed by atoms with Crippen LogP contribution in [0.25, 0.3) is 0 Å². The van der Waals surface area contributed by atoms with Crippen LogP contribution in [0.15, 0.2) is 35.4 Å². The first-order chi connectivity index (χ1) is 20.1. The van der Waals surface area contributed by atoms with E-state index in [0.717, 1.165) is 81.9 Å². The van der Waals surface area contributed by atoms with E-state index in [1.54, 1.807) is 12.2 Å². The van der Waals surface area contributed by atoms with Crippen molar-refractivity contribution in [3.8, 4) is 0 Å². The smallest absolute Gasteiger partial charge is 0.250 e. The molecule has 0 aromatic rings. The van der Waals surface area contributed by atoms with E-state index in [1.165, 1.54) is 0 Å². The number of ether oxygens (including phenoxy) is 1. The molecule has 0 saturated carbocycles. The Hall–Kier alpha value is -2.97. The van der Waals surface area contributed by atoms with Crippen molar-refractivity contribution in [2.24, 2.45) is 11.8 Å². The van der Waals surface area contributed by atoms with Gasteiger partial charge in [-0.05, 0) is 44.4 Å². The molecule has 6 atom stereocenters. The third-order valence-electron chi connectivity index (χ3n) is 9.94. The lowest BCUT2D eigenvalue weighted by molar-refractivity contribution is -0.129. The first-order valence-electron chi connectivity index (χ1n) is 16.3. The number of hydrogen-bond donors (Lipinski definition) is 1. The standard InChI is InChI=1S/C33H51N5O4/c1-7-9-14-42-29-18-32(41)38(33(29)22(5)8-2)25-11-12-35(20-25)27-17-31(40)37(23(27)6)24-10-13-36(19-24)28-16-30(39)34-26(28)15-21(3)4/h16-18,21-26,33H,7-15,19-20H2,1-6H3,(H,34,39)/t22?,23-,24-,25-,26-,33-/m0/s1. The first-order valence-corrected chi connectivity index (χ1v) is 16.3. The molecule has 42 heavy (non-hydrogen) atoms. The lowest BCUT2D eigenvalue weighted by atomic mass is 9.96. The predicted molar refractivity (Wildman–Crippen MR) is 163 cm³/mol. The molecule has 2 saturated heterocycles. The van der Waals surface area contributed by atoms with Crippen molar-refractivity contribution in [1.82, 2.24) is 24.9 Å². The predicted octanol–water partition coefficient (Wildman–Crippen LogP) is 3.64. The monoisotopic (exact) mass is 581 g/mol. The average Bonchev–Trinajstić information content (AvgIpc) is 3.75. The molecule has 9 heteroatoms. The van der Waals surface area contributed by atoms with E-state index in [0.29, 0.717) is 18.4 Å². The topological polar surface area (TPSA) is 85.4 Å². The van der Waals surface area contributed by atoms with Crippen LogP contribution in [-0.2, 0) is 19.1 Å². The zero-order valence-electron chi connectivity index (χ0n) is 26.5. The molecular weight excluding hydrogens is 530 g/mol. The van der Waals surface area contributed by atoms with Crippen molar-refractivity contribution >= 4 is 17.7 Å². The van der Waals surface area contributed by atoms with Crippen molar-refractivity contribution in [1.29, 1.82) is 0 Å². The van der Waals surface area contributed by atoms with Gasteiger partial charge in [-0.15, -0.1) is 0 Å². The van der Waals surface area contributed by atoms with E-state index in [2.05, 4.69) is 66.5 Å². The molecule has 5 aliphatic heterocycles. The molecule has 2 fully saturated rings. The quantitative estimate of drug-likeness (QED) is 0.355. The second-order valence-electron chi connectivity index (χ2n) is 13.4. The number of amides is 3. The van der Waals surface area contributed by atoms with Crippen LogP contribution in [0.5, 0.6) is 0 Å². The Kier molecular flexibility index (Phi) is 9.23. The molecule has 5 aliphatic rings. The van der Waals surface area contributed by atoms with Gasteiger partial charge < -0.3 is 29.7 Å². The highest BCUT2D eigenvalue weighted by atomic mass is 16.5. The van der Waals surface area contributed by atoms with Gasteiger partial charge in [0.2, 0.25) is 11.8 Å². The normalized spacial score (nSPS) is 30.5. The number of rotatable bonds is 12. The van der Waals surface area contributed by atoms with Crippen molar-refractivity contribution in [3.05, 3.63) is 35.4 Å². The van der Waals surface area contributed by atoms with Crippen LogP contribution in [-0.4, -0.2) is 100 Å². The molecule has 5 heterocycles. The largest absolute Gasteiger partial charge is 0.496 e. The zero-order valence-corrected chi connectivity index (χ0v) is 26.5. The van der Waals surface area contributed by atoms with Crippen LogP contribution in [0.4, 0.5) is 0 Å². The number of nitrogens with zero attached hydrogens (tertiary/aromatic N) is 4. The van der Waals surface area contributed by atoms with Gasteiger partial charge in [0, 0.05) is 55.8 Å². The Balaban J connectivity index is 1.22. The summed E-state index contributed by atoms with van der Waals surface area (Å²) >= 11 is 0. The maximum atomic E-state index is 13.4. The molecule has 0 aromatic heterocycles. The number of carbonyl (C=O) groups excluding carboxylic acids is 3. The fourth-order valence-corrected chi connectivity index (χ4v) is 7.60. The summed E-state index contributed by atoms with van der Waals surface area (Å²) in [5.41, 5.74) is 2.14. The van der Waals surface area contributed by atoms with Gasteiger partial charge in [0.15, 0.2) is 0 Å². The van der Waals surface area contributed by atoms with Crippen molar-refractivity contribution in [3.63, 3.8) is 0 Å². The van der Waals surface area contributed by atoms with E-state index in [-0.39, 0.29) is 47.9 Å². The van der Waals surface area contributed by atoms with Crippen LogP contribution in [0.1, 0.15) is 80.1 Å². The SMILES string of the molecule is CCCCOC1=CC(=O)N([C@H]2CCN(C3=CC(=O)N([C@H]4CCN(C5=CC(=O)N[C@H]5CC(C)C)C4)[C@H]3C)C2)[C@H]1C(C)CC. The summed E-state index contributed by atoms with van der Waals surface area (Å²) in [6, 6.07) is 0.218. The van der Waals surface area contributed by atoms with Gasteiger partial charge in [-0.25, -0.2) is 0 Å². The summed E-state index contributed by atoms with van der Waals surface area (Å²) in [5, 5.41) is 3.11. The molecule has 1 N–H and O–H groups in total. The maximum Gasteiger partial charge on any atom is 0.250 e. The second-order valence-corrected chi connectivity index (χ2v) is 13.4. The highest BCUT2D eigenvalue weighted by Crippen LogP contribution is 2.37. The molecule has 0 aliphatic carbocycles. The fraction of sp³-hybridized carbons (Fsp3) is 0.727. The lowest BCUT2D eigenvalue weighted by Crippen LogP contribution is -2.48. The Bertz CT molecular complexity index is 1150. The first kappa shape index (κ1) is 30.5. The molecular formula is C33H51N5O4. The van der Waals surface area contributed by atoms with Gasteiger partial charge in [0.25, 0.3) is 5.91 Å². The van der Waals surface area contributed by atoms with Crippen LogP contribution in [0.2, 0.25) is 0 Å². The number of likely N-dealkylation sites (tertiary alicyclic amines) is 2. The fourth-order valence-electron chi connectivity index (χ4n) is 7.60. The summed E-state index contributed by atoms with van der Waals surface area (Å²) in [4.78, 5) is 47.6. The van der Waals surface area contributed by atoms with Crippen molar-refractivity contribution < 1.29 is 19.1 Å². The Labute approximate surface area is 252 Å². The summed E-state index contributed by atoms with van der Waals surface area (Å²) in [6.07, 6.45) is 11.0. The molecule has 0 spiro atoms. The summed E-state index contributed by atoms with van der Waals surface area (Å²) in [7, 11) is 0. The van der Waals surface area contributed by atoms with E-state index in [9.17, 15) is 14.4 Å². The van der Waals surface area contributed by atoms with Crippen LogP contribution >= 0.6 is 0 Å². The number of hydrogen-bond acceptors (Lipinski definition) is 6. The molecule has 9 nitrogen and oxygen atoms in total. The maximum absolute atomic E-state index is 13.4. The number of nitrogens with one attached hydrogen (secondary N) is 1. The average molecular weight is 582 g/mol. The molecule has 0 bridgehead atoms. The van der Waals surface area contributed by atoms with Crippen molar-refractivity contribution in [2.75, 3.05) is 32.8 Å². The molecule has 5 rings (SSSR count). The Morgan fingerprint density at radius 3 is 2.19 bits per heavy atom. The van der Waals surface area contributed by atoms with Gasteiger partial charge in [0.1, 0.15) is 5.76 Å². The molecule has 1 unspecified atom stereocenters.